The Labute approximate surface area is 147 Å². The number of likely N-dealkylation sites (N-methyl/N-ethyl adjacent to an activating group) is 1. The minimum absolute atomic E-state index is 0.0577. The van der Waals surface area contributed by atoms with Gasteiger partial charge < -0.3 is 10.4 Å². The number of aromatic nitrogens is 1. The molecule has 0 bridgehead atoms. The van der Waals surface area contributed by atoms with Crippen LogP contribution in [-0.2, 0) is 17.8 Å². The van der Waals surface area contributed by atoms with E-state index in [1.807, 2.05) is 36.2 Å². The maximum Gasteiger partial charge on any atom is 0.224 e. The maximum absolute atomic E-state index is 12.1. The second-order valence-corrected chi connectivity index (χ2v) is 6.04. The Morgan fingerprint density at radius 3 is 2.88 bits per heavy atom. The molecule has 0 saturated heterocycles. The highest BCUT2D eigenvalue weighted by Crippen LogP contribution is 2.22. The summed E-state index contributed by atoms with van der Waals surface area (Å²) in [6.07, 6.45) is 2.70. The number of carbonyl (C=O) groups excluding carboxylic acids is 1. The molecule has 6 heteroatoms. The predicted octanol–water partition coefficient (Wildman–Crippen LogP) is 2.73. The third kappa shape index (κ3) is 5.92. The predicted molar refractivity (Wildman–Crippen MR) is 96.1 cm³/mol. The van der Waals surface area contributed by atoms with Crippen LogP contribution in [0.5, 0.6) is 0 Å². The van der Waals surface area contributed by atoms with Gasteiger partial charge in [0, 0.05) is 42.1 Å². The molecule has 2 aromatic rings. The number of nitrogens with zero attached hydrogens (tertiary/aromatic N) is 2. The molecule has 0 spiro atoms. The third-order valence-corrected chi connectivity index (χ3v) is 3.95. The van der Waals surface area contributed by atoms with Crippen LogP contribution in [0.1, 0.15) is 17.7 Å². The number of aryl methyl sites for hydroxylation is 1. The Morgan fingerprint density at radius 2 is 2.17 bits per heavy atom. The number of halogens is 1. The fourth-order valence-corrected chi connectivity index (χ4v) is 2.50. The lowest BCUT2D eigenvalue weighted by molar-refractivity contribution is -0.116. The van der Waals surface area contributed by atoms with E-state index in [0.717, 1.165) is 16.9 Å². The Hall–Kier alpha value is -1.95. The van der Waals surface area contributed by atoms with Gasteiger partial charge in [-0.2, -0.15) is 0 Å². The monoisotopic (exact) mass is 347 g/mol. The summed E-state index contributed by atoms with van der Waals surface area (Å²) in [5.41, 5.74) is 2.53. The summed E-state index contributed by atoms with van der Waals surface area (Å²) in [7, 11) is 1.91. The fourth-order valence-electron chi connectivity index (χ4n) is 2.33. The Bertz CT molecular complexity index is 665. The number of benzene rings is 1. The Balaban J connectivity index is 1.92. The molecular weight excluding hydrogens is 326 g/mol. The largest absolute Gasteiger partial charge is 0.395 e. The highest BCUT2D eigenvalue weighted by molar-refractivity contribution is 6.31. The normalized spacial score (nSPS) is 10.8. The number of hydrogen-bond donors (Lipinski definition) is 2. The lowest BCUT2D eigenvalue weighted by Gasteiger charge is -2.17. The first-order valence-corrected chi connectivity index (χ1v) is 8.24. The Morgan fingerprint density at radius 1 is 1.33 bits per heavy atom. The Kier molecular flexibility index (Phi) is 7.18. The summed E-state index contributed by atoms with van der Waals surface area (Å²) in [4.78, 5) is 18.3. The number of nitrogens with one attached hydrogen (secondary N) is 1. The number of amides is 1. The number of aliphatic hydroxyl groups excluding tert-OH is 1. The van der Waals surface area contributed by atoms with Gasteiger partial charge in [-0.15, -0.1) is 0 Å². The molecule has 1 aromatic heterocycles. The van der Waals surface area contributed by atoms with Crippen molar-refractivity contribution >= 4 is 23.2 Å². The molecular formula is C18H22ClN3O2. The van der Waals surface area contributed by atoms with E-state index >= 15 is 0 Å². The molecule has 0 atom stereocenters. The van der Waals surface area contributed by atoms with Crippen LogP contribution in [0, 0.1) is 0 Å². The van der Waals surface area contributed by atoms with Gasteiger partial charge in [0.2, 0.25) is 5.91 Å². The van der Waals surface area contributed by atoms with Crippen LogP contribution in [0.25, 0.3) is 0 Å². The van der Waals surface area contributed by atoms with Crippen molar-refractivity contribution < 1.29 is 9.90 Å². The minimum atomic E-state index is -0.0577. The quantitative estimate of drug-likeness (QED) is 0.770. The first-order chi connectivity index (χ1) is 11.6. The van der Waals surface area contributed by atoms with Crippen LogP contribution in [0.4, 0.5) is 5.69 Å². The molecule has 5 nitrogen and oxygen atoms in total. The van der Waals surface area contributed by atoms with Crippen molar-refractivity contribution in [1.29, 1.82) is 0 Å². The van der Waals surface area contributed by atoms with Crippen LogP contribution in [0.3, 0.4) is 0 Å². The first kappa shape index (κ1) is 18.4. The lowest BCUT2D eigenvalue weighted by atomic mass is 10.1. The lowest BCUT2D eigenvalue weighted by Crippen LogP contribution is -2.21. The summed E-state index contributed by atoms with van der Waals surface area (Å²) in [5.74, 6) is -0.0577. The van der Waals surface area contributed by atoms with Gasteiger partial charge in [0.15, 0.2) is 0 Å². The van der Waals surface area contributed by atoms with Crippen molar-refractivity contribution in [3.63, 3.8) is 0 Å². The number of anilines is 1. The summed E-state index contributed by atoms with van der Waals surface area (Å²) < 4.78 is 0. The standard InChI is InChI=1S/C18H22ClN3O2/c1-22(10-11-23)13-14-12-16(5-7-17(14)19)21-18(24)8-6-15-4-2-3-9-20-15/h2-5,7,9,12,23H,6,8,10-11,13H2,1H3,(H,21,24). The van der Waals surface area contributed by atoms with Crippen LogP contribution in [0.2, 0.25) is 5.02 Å². The summed E-state index contributed by atoms with van der Waals surface area (Å²) >= 11 is 6.21. The molecule has 0 radical (unpaired) electrons. The highest BCUT2D eigenvalue weighted by atomic mass is 35.5. The van der Waals surface area contributed by atoms with Crippen LogP contribution >= 0.6 is 11.6 Å². The molecule has 0 fully saturated rings. The zero-order valence-electron chi connectivity index (χ0n) is 13.7. The van der Waals surface area contributed by atoms with E-state index in [0.29, 0.717) is 31.0 Å². The van der Waals surface area contributed by atoms with Crippen molar-refractivity contribution in [2.24, 2.45) is 0 Å². The SMILES string of the molecule is CN(CCO)Cc1cc(NC(=O)CCc2ccccn2)ccc1Cl. The number of rotatable bonds is 8. The fraction of sp³-hybridized carbons (Fsp3) is 0.333. The van der Waals surface area contributed by atoms with Crippen molar-refractivity contribution in [3.8, 4) is 0 Å². The van der Waals surface area contributed by atoms with Crippen molar-refractivity contribution in [3.05, 3.63) is 58.9 Å². The van der Waals surface area contributed by atoms with Gasteiger partial charge in [-0.05, 0) is 49.4 Å². The molecule has 0 aliphatic rings. The molecule has 2 N–H and O–H groups in total. The number of hydrogen-bond acceptors (Lipinski definition) is 4. The van der Waals surface area contributed by atoms with E-state index in [9.17, 15) is 4.79 Å². The van der Waals surface area contributed by atoms with E-state index < -0.39 is 0 Å². The molecule has 0 unspecified atom stereocenters. The number of aliphatic hydroxyl groups is 1. The summed E-state index contributed by atoms with van der Waals surface area (Å²) in [6.45, 7) is 1.27. The minimum Gasteiger partial charge on any atom is -0.395 e. The molecule has 128 valence electrons. The van der Waals surface area contributed by atoms with E-state index in [4.69, 9.17) is 16.7 Å². The second-order valence-electron chi connectivity index (χ2n) is 5.64. The zero-order chi connectivity index (χ0) is 17.4. The van der Waals surface area contributed by atoms with Gasteiger partial charge in [-0.3, -0.25) is 14.7 Å². The molecule has 1 heterocycles. The maximum atomic E-state index is 12.1. The van der Waals surface area contributed by atoms with Gasteiger partial charge >= 0.3 is 0 Å². The van der Waals surface area contributed by atoms with Crippen LogP contribution in [0.15, 0.2) is 42.6 Å². The average Bonchev–Trinajstić information content (AvgIpc) is 2.57. The van der Waals surface area contributed by atoms with Crippen molar-refractivity contribution in [2.75, 3.05) is 25.5 Å². The molecule has 1 amide bonds. The topological polar surface area (TPSA) is 65.5 Å². The highest BCUT2D eigenvalue weighted by Gasteiger charge is 2.08. The molecule has 2 rings (SSSR count). The zero-order valence-corrected chi connectivity index (χ0v) is 14.5. The average molecular weight is 348 g/mol. The molecule has 0 saturated carbocycles. The van der Waals surface area contributed by atoms with Gasteiger partial charge in [0.05, 0.1) is 6.61 Å². The number of pyridine rings is 1. The van der Waals surface area contributed by atoms with Gasteiger partial charge in [-0.1, -0.05) is 17.7 Å². The molecule has 0 aliphatic heterocycles. The van der Waals surface area contributed by atoms with Crippen LogP contribution in [-0.4, -0.2) is 41.1 Å². The van der Waals surface area contributed by atoms with Crippen molar-refractivity contribution in [2.45, 2.75) is 19.4 Å². The van der Waals surface area contributed by atoms with E-state index in [1.165, 1.54) is 0 Å². The van der Waals surface area contributed by atoms with Gasteiger partial charge in [0.1, 0.15) is 0 Å². The third-order valence-electron chi connectivity index (χ3n) is 3.59. The van der Waals surface area contributed by atoms with Crippen molar-refractivity contribution in [1.82, 2.24) is 9.88 Å². The smallest absolute Gasteiger partial charge is 0.224 e. The molecule has 0 aliphatic carbocycles. The van der Waals surface area contributed by atoms with Gasteiger partial charge in [-0.25, -0.2) is 0 Å². The molecule has 1 aromatic carbocycles. The van der Waals surface area contributed by atoms with E-state index in [1.54, 1.807) is 18.3 Å². The van der Waals surface area contributed by atoms with Crippen LogP contribution < -0.4 is 5.32 Å². The first-order valence-electron chi connectivity index (χ1n) is 7.86. The van der Waals surface area contributed by atoms with E-state index in [2.05, 4.69) is 10.3 Å². The van der Waals surface area contributed by atoms with E-state index in [-0.39, 0.29) is 12.5 Å². The van der Waals surface area contributed by atoms with Gasteiger partial charge in [0.25, 0.3) is 0 Å². The molecule has 24 heavy (non-hydrogen) atoms. The summed E-state index contributed by atoms with van der Waals surface area (Å²) in [5, 5.41) is 12.5. The second kappa shape index (κ2) is 9.37. The number of carbonyl (C=O) groups is 1. The summed E-state index contributed by atoms with van der Waals surface area (Å²) in [6, 6.07) is 11.1.